The monoisotopic (exact) mass is 362 g/mol. The van der Waals surface area contributed by atoms with Gasteiger partial charge in [0.2, 0.25) is 11.8 Å². The molecule has 26 heavy (non-hydrogen) atoms. The zero-order chi connectivity index (χ0) is 18.3. The Balaban J connectivity index is 1.93. The third kappa shape index (κ3) is 2.61. The van der Waals surface area contributed by atoms with Crippen LogP contribution >= 0.6 is 11.6 Å². The first-order valence-corrected chi connectivity index (χ1v) is 8.44. The van der Waals surface area contributed by atoms with Crippen molar-refractivity contribution < 1.29 is 4.74 Å². The first-order chi connectivity index (χ1) is 12.6. The van der Waals surface area contributed by atoms with Gasteiger partial charge in [-0.2, -0.15) is 5.26 Å². The third-order valence-corrected chi connectivity index (χ3v) is 4.73. The predicted octanol–water partition coefficient (Wildman–Crippen LogP) is 4.26. The van der Waals surface area contributed by atoms with Crippen LogP contribution in [0.4, 0.5) is 0 Å². The molecule has 2 heterocycles. The van der Waals surface area contributed by atoms with Gasteiger partial charge < -0.3 is 10.5 Å². The van der Waals surface area contributed by atoms with Crippen LogP contribution in [0.3, 0.4) is 0 Å². The first-order valence-electron chi connectivity index (χ1n) is 8.07. The molecular weight excluding hydrogens is 348 g/mol. The lowest BCUT2D eigenvalue weighted by molar-refractivity contribution is 0.379. The molecule has 1 aromatic heterocycles. The Kier molecular flexibility index (Phi) is 3.90. The van der Waals surface area contributed by atoms with Crippen molar-refractivity contribution >= 4 is 11.6 Å². The number of hydrogen-bond acceptors (Lipinski definition) is 4. The van der Waals surface area contributed by atoms with E-state index in [4.69, 9.17) is 22.1 Å². The number of hydrogen-bond donors (Lipinski definition) is 2. The highest BCUT2D eigenvalue weighted by molar-refractivity contribution is 6.30. The highest BCUT2D eigenvalue weighted by Crippen LogP contribution is 2.45. The van der Waals surface area contributed by atoms with E-state index in [9.17, 15) is 5.26 Å². The van der Waals surface area contributed by atoms with E-state index in [-0.39, 0.29) is 11.8 Å². The summed E-state index contributed by atoms with van der Waals surface area (Å²) < 4.78 is 5.60. The minimum absolute atomic E-state index is 0.0712. The Morgan fingerprint density at radius 3 is 2.50 bits per heavy atom. The van der Waals surface area contributed by atoms with Crippen LogP contribution < -0.4 is 10.5 Å². The van der Waals surface area contributed by atoms with Crippen LogP contribution in [-0.4, -0.2) is 10.2 Å². The van der Waals surface area contributed by atoms with Crippen LogP contribution in [0.5, 0.6) is 5.88 Å². The molecule has 0 unspecified atom stereocenters. The summed E-state index contributed by atoms with van der Waals surface area (Å²) in [7, 11) is 0. The molecule has 2 aromatic carbocycles. The van der Waals surface area contributed by atoms with E-state index >= 15 is 0 Å². The standard InChI is InChI=1S/C20H15ClN4O/c1-11-2-4-13(5-3-11)18-17-16(12-6-8-14(21)9-7-12)15(10-22)19(23)26-20(17)25-24-18/h2-9,16H,23H2,1H3,(H,24,25)/t16-/m0/s1. The summed E-state index contributed by atoms with van der Waals surface area (Å²) >= 11 is 6.03. The van der Waals surface area contributed by atoms with Gasteiger partial charge in [-0.1, -0.05) is 53.6 Å². The van der Waals surface area contributed by atoms with Gasteiger partial charge >= 0.3 is 0 Å². The molecule has 0 saturated carbocycles. The van der Waals surface area contributed by atoms with E-state index in [0.29, 0.717) is 16.5 Å². The van der Waals surface area contributed by atoms with Crippen LogP contribution in [-0.2, 0) is 0 Å². The molecule has 0 spiro atoms. The van der Waals surface area contributed by atoms with Crippen LogP contribution in [0.25, 0.3) is 11.3 Å². The molecule has 0 saturated heterocycles. The number of H-pyrrole nitrogens is 1. The fraction of sp³-hybridized carbons (Fsp3) is 0.100. The lowest BCUT2D eigenvalue weighted by atomic mass is 9.83. The second-order valence-electron chi connectivity index (χ2n) is 6.16. The molecule has 0 radical (unpaired) electrons. The van der Waals surface area contributed by atoms with Crippen molar-refractivity contribution in [2.45, 2.75) is 12.8 Å². The average molecular weight is 363 g/mol. The molecular formula is C20H15ClN4O. The van der Waals surface area contributed by atoms with Crippen molar-refractivity contribution in [2.75, 3.05) is 0 Å². The average Bonchev–Trinajstić information content (AvgIpc) is 3.05. The maximum Gasteiger partial charge on any atom is 0.244 e. The highest BCUT2D eigenvalue weighted by atomic mass is 35.5. The topological polar surface area (TPSA) is 87.7 Å². The maximum atomic E-state index is 9.68. The Hall–Kier alpha value is -3.23. The Labute approximate surface area is 155 Å². The van der Waals surface area contributed by atoms with E-state index in [1.54, 1.807) is 12.1 Å². The number of nitrogens with one attached hydrogen (secondary N) is 1. The number of fused-ring (bicyclic) bond motifs is 1. The fourth-order valence-corrected chi connectivity index (χ4v) is 3.30. The summed E-state index contributed by atoms with van der Waals surface area (Å²) in [6.07, 6.45) is 0. The van der Waals surface area contributed by atoms with Crippen LogP contribution in [0, 0.1) is 18.3 Å². The molecule has 5 nitrogen and oxygen atoms in total. The van der Waals surface area contributed by atoms with Crippen molar-refractivity contribution in [1.82, 2.24) is 10.2 Å². The van der Waals surface area contributed by atoms with Crippen LogP contribution in [0.15, 0.2) is 60.0 Å². The lowest BCUT2D eigenvalue weighted by Crippen LogP contribution is -2.20. The number of aromatic nitrogens is 2. The summed E-state index contributed by atoms with van der Waals surface area (Å²) in [5, 5.41) is 17.6. The minimum atomic E-state index is -0.379. The predicted molar refractivity (Wildman–Crippen MR) is 99.5 cm³/mol. The SMILES string of the molecule is Cc1ccc(-c2[nH]nc3c2[C@@H](c2ccc(Cl)cc2)C(C#N)=C(N)O3)cc1. The van der Waals surface area contributed by atoms with Gasteiger partial charge in [0.15, 0.2) is 0 Å². The molecule has 4 rings (SSSR count). The number of ether oxygens (including phenoxy) is 1. The number of benzene rings is 2. The van der Waals surface area contributed by atoms with E-state index in [0.717, 1.165) is 27.9 Å². The summed E-state index contributed by atoms with van der Waals surface area (Å²) in [4.78, 5) is 0. The normalized spacial score (nSPS) is 16.0. The van der Waals surface area contributed by atoms with E-state index in [1.807, 2.05) is 43.3 Å². The van der Waals surface area contributed by atoms with Crippen molar-refractivity contribution in [3.63, 3.8) is 0 Å². The summed E-state index contributed by atoms with van der Waals surface area (Å²) in [5.74, 6) is 0.0787. The highest BCUT2D eigenvalue weighted by Gasteiger charge is 2.35. The van der Waals surface area contributed by atoms with E-state index in [1.165, 1.54) is 0 Å². The fourth-order valence-electron chi connectivity index (χ4n) is 3.17. The first kappa shape index (κ1) is 16.2. The molecule has 1 aliphatic heterocycles. The van der Waals surface area contributed by atoms with Crippen molar-refractivity contribution in [2.24, 2.45) is 5.73 Å². The zero-order valence-electron chi connectivity index (χ0n) is 14.0. The summed E-state index contributed by atoms with van der Waals surface area (Å²) in [5.41, 5.74) is 11.0. The molecule has 0 bridgehead atoms. The number of halogens is 1. The molecule has 3 aromatic rings. The molecule has 1 atom stereocenters. The molecule has 6 heteroatoms. The van der Waals surface area contributed by atoms with Crippen LogP contribution in [0.1, 0.15) is 22.6 Å². The van der Waals surface area contributed by atoms with Gasteiger partial charge in [0.1, 0.15) is 11.6 Å². The van der Waals surface area contributed by atoms with E-state index in [2.05, 4.69) is 16.3 Å². The van der Waals surface area contributed by atoms with Gasteiger partial charge in [0.25, 0.3) is 0 Å². The van der Waals surface area contributed by atoms with Gasteiger partial charge in [0, 0.05) is 10.6 Å². The van der Waals surface area contributed by atoms with Gasteiger partial charge in [-0.05, 0) is 24.6 Å². The zero-order valence-corrected chi connectivity index (χ0v) is 14.7. The molecule has 1 aliphatic rings. The van der Waals surface area contributed by atoms with Crippen LogP contribution in [0.2, 0.25) is 5.02 Å². The van der Waals surface area contributed by atoms with Crippen molar-refractivity contribution in [3.8, 4) is 23.2 Å². The number of allylic oxidation sites excluding steroid dienone is 1. The molecule has 3 N–H and O–H groups in total. The van der Waals surface area contributed by atoms with E-state index < -0.39 is 0 Å². The second kappa shape index (κ2) is 6.25. The molecule has 0 amide bonds. The van der Waals surface area contributed by atoms with Gasteiger partial charge in [0.05, 0.1) is 17.2 Å². The lowest BCUT2D eigenvalue weighted by Gasteiger charge is -2.24. The number of nitrogens with two attached hydrogens (primary N) is 1. The maximum absolute atomic E-state index is 9.68. The minimum Gasteiger partial charge on any atom is -0.420 e. The number of nitriles is 1. The summed E-state index contributed by atoms with van der Waals surface area (Å²) in [6.45, 7) is 2.03. The quantitative estimate of drug-likeness (QED) is 0.713. The molecule has 0 fully saturated rings. The number of aromatic amines is 1. The van der Waals surface area contributed by atoms with Crippen molar-refractivity contribution in [1.29, 1.82) is 5.26 Å². The van der Waals surface area contributed by atoms with Gasteiger partial charge in [-0.3, -0.25) is 5.10 Å². The van der Waals surface area contributed by atoms with Crippen molar-refractivity contribution in [3.05, 3.63) is 81.7 Å². The van der Waals surface area contributed by atoms with Gasteiger partial charge in [-0.25, -0.2) is 0 Å². The Bertz CT molecular complexity index is 1040. The second-order valence-corrected chi connectivity index (χ2v) is 6.60. The number of rotatable bonds is 2. The summed E-state index contributed by atoms with van der Waals surface area (Å²) in [6, 6.07) is 17.6. The Morgan fingerprint density at radius 2 is 1.85 bits per heavy atom. The number of nitrogens with zero attached hydrogens (tertiary/aromatic N) is 2. The Morgan fingerprint density at radius 1 is 1.15 bits per heavy atom. The smallest absolute Gasteiger partial charge is 0.244 e. The van der Waals surface area contributed by atoms with Gasteiger partial charge in [-0.15, -0.1) is 5.10 Å². The third-order valence-electron chi connectivity index (χ3n) is 4.48. The molecule has 0 aliphatic carbocycles. The largest absolute Gasteiger partial charge is 0.420 e. The number of aryl methyl sites for hydroxylation is 1. The molecule has 128 valence electrons.